The zero-order chi connectivity index (χ0) is 41.7. The topological polar surface area (TPSA) is 165 Å². The predicted molar refractivity (Wildman–Crippen MR) is 231 cm³/mol. The van der Waals surface area contributed by atoms with Gasteiger partial charge in [0, 0.05) is 72.4 Å². The van der Waals surface area contributed by atoms with Gasteiger partial charge in [0.15, 0.2) is 5.82 Å². The number of imide groups is 1. The SMILES string of the molecule is Cc1cc(-c2ncnc3[nH]c4cc([C@@H]5CCN(CC6CCN(c7ccc(N8CCC(=O)NC8=O)cc7)CC6)C5)ccc4c23)ccc1[C@@H](C)NC(=O)c1nc(C(C)(C)C)no1. The second-order valence-electron chi connectivity index (χ2n) is 17.8. The van der Waals surface area contributed by atoms with Gasteiger partial charge >= 0.3 is 17.8 Å². The molecule has 0 unspecified atom stereocenters. The van der Waals surface area contributed by atoms with Crippen molar-refractivity contribution in [3.05, 3.63) is 95.4 Å². The lowest BCUT2D eigenvalue weighted by Crippen LogP contribution is -2.49. The second kappa shape index (κ2) is 15.8. The maximum Gasteiger partial charge on any atom is 0.328 e. The monoisotopic (exact) mass is 808 g/mol. The number of aryl methyl sites for hydroxylation is 1. The minimum absolute atomic E-state index is 0.0425. The van der Waals surface area contributed by atoms with E-state index in [-0.39, 0.29) is 29.3 Å². The Morgan fingerprint density at radius 2 is 1.73 bits per heavy atom. The van der Waals surface area contributed by atoms with Crippen LogP contribution in [0, 0.1) is 12.8 Å². The fourth-order valence-corrected chi connectivity index (χ4v) is 9.15. The Kier molecular flexibility index (Phi) is 10.3. The summed E-state index contributed by atoms with van der Waals surface area (Å²) in [4.78, 5) is 60.8. The van der Waals surface area contributed by atoms with Crippen LogP contribution in [0.5, 0.6) is 0 Å². The molecule has 60 heavy (non-hydrogen) atoms. The van der Waals surface area contributed by atoms with Crippen molar-refractivity contribution in [1.29, 1.82) is 0 Å². The van der Waals surface area contributed by atoms with Gasteiger partial charge in [0.05, 0.1) is 17.1 Å². The zero-order valence-corrected chi connectivity index (χ0v) is 34.9. The molecule has 3 N–H and O–H groups in total. The van der Waals surface area contributed by atoms with Gasteiger partial charge < -0.3 is 24.6 Å². The zero-order valence-electron chi connectivity index (χ0n) is 34.9. The number of piperidine rings is 1. The lowest BCUT2D eigenvalue weighted by atomic mass is 9.95. The number of benzene rings is 3. The fraction of sp³-hybridized carbons (Fsp3) is 0.413. The average Bonchev–Trinajstić information content (AvgIpc) is 4.00. The van der Waals surface area contributed by atoms with Crippen molar-refractivity contribution >= 4 is 51.2 Å². The first kappa shape index (κ1) is 39.3. The van der Waals surface area contributed by atoms with E-state index in [0.717, 1.165) is 102 Å². The molecule has 0 aliphatic carbocycles. The summed E-state index contributed by atoms with van der Waals surface area (Å²) in [6.07, 6.45) is 5.39. The van der Waals surface area contributed by atoms with Gasteiger partial charge in [-0.2, -0.15) is 4.98 Å². The molecule has 3 aliphatic heterocycles. The number of nitrogens with zero attached hydrogens (tertiary/aromatic N) is 7. The van der Waals surface area contributed by atoms with Crippen molar-refractivity contribution in [1.82, 2.24) is 40.6 Å². The summed E-state index contributed by atoms with van der Waals surface area (Å²) in [5.41, 5.74) is 8.77. The van der Waals surface area contributed by atoms with Gasteiger partial charge in [-0.1, -0.05) is 50.2 Å². The first-order valence-corrected chi connectivity index (χ1v) is 21.1. The fourth-order valence-electron chi connectivity index (χ4n) is 9.15. The number of nitrogens with one attached hydrogen (secondary N) is 3. The highest BCUT2D eigenvalue weighted by molar-refractivity contribution is 6.12. The molecule has 0 spiro atoms. The van der Waals surface area contributed by atoms with Gasteiger partial charge in [-0.05, 0) is 105 Å². The van der Waals surface area contributed by atoms with Crippen molar-refractivity contribution in [3.8, 4) is 11.3 Å². The van der Waals surface area contributed by atoms with E-state index >= 15 is 0 Å². The van der Waals surface area contributed by atoms with Crippen LogP contribution in [0.3, 0.4) is 0 Å². The molecular formula is C46H52N10O4. The predicted octanol–water partition coefficient (Wildman–Crippen LogP) is 7.41. The summed E-state index contributed by atoms with van der Waals surface area (Å²) in [5, 5.41) is 11.5. The van der Waals surface area contributed by atoms with Crippen molar-refractivity contribution in [2.75, 3.05) is 49.1 Å². The molecule has 4 amide bonds. The highest BCUT2D eigenvalue weighted by Gasteiger charge is 2.30. The lowest BCUT2D eigenvalue weighted by molar-refractivity contribution is -0.120. The second-order valence-corrected chi connectivity index (χ2v) is 17.8. The summed E-state index contributed by atoms with van der Waals surface area (Å²) in [6, 6.07) is 20.6. The molecule has 3 aromatic carbocycles. The molecule has 3 fully saturated rings. The molecule has 0 bridgehead atoms. The van der Waals surface area contributed by atoms with E-state index in [4.69, 9.17) is 9.51 Å². The maximum absolute atomic E-state index is 13.0. The first-order valence-electron chi connectivity index (χ1n) is 21.1. The number of amides is 4. The molecule has 3 aliphatic rings. The largest absolute Gasteiger partial charge is 0.372 e. The number of carbonyl (C=O) groups is 3. The maximum atomic E-state index is 13.0. The Bertz CT molecular complexity index is 2580. The molecule has 2 atom stereocenters. The molecule has 9 rings (SSSR count). The third-order valence-electron chi connectivity index (χ3n) is 12.5. The minimum atomic E-state index is -0.402. The van der Waals surface area contributed by atoms with Crippen molar-refractivity contribution in [2.45, 2.75) is 77.7 Å². The smallest absolute Gasteiger partial charge is 0.328 e. The van der Waals surface area contributed by atoms with Crippen LogP contribution in [0.2, 0.25) is 0 Å². The third-order valence-corrected chi connectivity index (χ3v) is 12.5. The number of anilines is 2. The Labute approximate surface area is 349 Å². The van der Waals surface area contributed by atoms with Crippen molar-refractivity contribution in [3.63, 3.8) is 0 Å². The quantitative estimate of drug-likeness (QED) is 0.134. The van der Waals surface area contributed by atoms with Gasteiger partial charge in [-0.3, -0.25) is 19.8 Å². The number of hydrogen-bond acceptors (Lipinski definition) is 10. The summed E-state index contributed by atoms with van der Waals surface area (Å²) in [6.45, 7) is 15.7. The summed E-state index contributed by atoms with van der Waals surface area (Å²) in [5.74, 6) is 0.969. The van der Waals surface area contributed by atoms with Gasteiger partial charge in [-0.15, -0.1) is 0 Å². The van der Waals surface area contributed by atoms with Crippen LogP contribution in [-0.4, -0.2) is 87.1 Å². The van der Waals surface area contributed by atoms with Crippen LogP contribution >= 0.6 is 0 Å². The normalized spacial score (nSPS) is 18.7. The first-order chi connectivity index (χ1) is 28.9. The van der Waals surface area contributed by atoms with Crippen molar-refractivity contribution in [2.24, 2.45) is 5.92 Å². The molecule has 0 saturated carbocycles. The average molecular weight is 809 g/mol. The van der Waals surface area contributed by atoms with E-state index in [1.165, 1.54) is 11.3 Å². The third kappa shape index (κ3) is 7.83. The highest BCUT2D eigenvalue weighted by Crippen LogP contribution is 2.37. The van der Waals surface area contributed by atoms with Crippen LogP contribution in [-0.2, 0) is 10.2 Å². The molecular weight excluding hydrogens is 757 g/mol. The van der Waals surface area contributed by atoms with Gasteiger partial charge in [0.1, 0.15) is 12.0 Å². The van der Waals surface area contributed by atoms with E-state index in [0.29, 0.717) is 30.6 Å². The Hall–Kier alpha value is -6.15. The summed E-state index contributed by atoms with van der Waals surface area (Å²) in [7, 11) is 0. The Morgan fingerprint density at radius 1 is 0.950 bits per heavy atom. The standard InChI is InChI=1S/C46H52N10O4/c1-27-22-31(7-12-35(27)28(2)49-42(58)43-52-44(53-60-43)46(3,4)5)40-39-36-13-6-30(23-37(36)50-41(39)48-26-47-40)32-16-18-54(25-32)24-29-14-19-55(20-15-29)33-8-10-34(11-9-33)56-21-17-38(57)51-45(56)59/h6-13,22-23,26,28-29,32H,14-21,24-25H2,1-5H3,(H,49,58)(H,47,48,50)(H,51,57,59)/t28-,32-/m1/s1. The number of hydrogen-bond donors (Lipinski definition) is 3. The molecule has 14 nitrogen and oxygen atoms in total. The van der Waals surface area contributed by atoms with Crippen molar-refractivity contribution < 1.29 is 18.9 Å². The highest BCUT2D eigenvalue weighted by atomic mass is 16.5. The number of fused-ring (bicyclic) bond motifs is 3. The van der Waals surface area contributed by atoms with Crippen LogP contribution in [0.15, 0.2) is 71.5 Å². The summed E-state index contributed by atoms with van der Waals surface area (Å²) < 4.78 is 5.26. The number of rotatable bonds is 9. The van der Waals surface area contributed by atoms with Gasteiger partial charge in [0.2, 0.25) is 5.91 Å². The molecule has 0 radical (unpaired) electrons. The summed E-state index contributed by atoms with van der Waals surface area (Å²) >= 11 is 0. The van der Waals surface area contributed by atoms with Crippen LogP contribution in [0.25, 0.3) is 33.2 Å². The van der Waals surface area contributed by atoms with Crippen LogP contribution < -0.4 is 20.4 Å². The molecule has 6 heterocycles. The Morgan fingerprint density at radius 3 is 2.47 bits per heavy atom. The molecule has 3 aromatic heterocycles. The minimum Gasteiger partial charge on any atom is -0.372 e. The molecule has 3 saturated heterocycles. The molecule has 6 aromatic rings. The molecule has 310 valence electrons. The van der Waals surface area contributed by atoms with E-state index in [1.807, 2.05) is 52.8 Å². The van der Waals surface area contributed by atoms with Gasteiger partial charge in [-0.25, -0.2) is 14.8 Å². The number of carbonyl (C=O) groups excluding carboxylic acids is 3. The van der Waals surface area contributed by atoms with E-state index in [2.05, 4.69) is 83.0 Å². The van der Waals surface area contributed by atoms with Crippen LogP contribution in [0.1, 0.15) is 98.5 Å². The van der Waals surface area contributed by atoms with E-state index in [1.54, 1.807) is 11.2 Å². The van der Waals surface area contributed by atoms with E-state index in [9.17, 15) is 14.4 Å². The Balaban J connectivity index is 0.820. The van der Waals surface area contributed by atoms with Gasteiger partial charge in [0.25, 0.3) is 0 Å². The lowest BCUT2D eigenvalue weighted by Gasteiger charge is -2.35. The number of urea groups is 1. The number of H-pyrrole nitrogens is 1. The van der Waals surface area contributed by atoms with E-state index < -0.39 is 5.91 Å². The van der Waals surface area contributed by atoms with Crippen LogP contribution in [0.4, 0.5) is 16.2 Å². The number of aromatic nitrogens is 5. The number of aromatic amines is 1. The molecule has 14 heteroatoms. The number of likely N-dealkylation sites (tertiary alicyclic amines) is 1.